The lowest BCUT2D eigenvalue weighted by Crippen LogP contribution is -1.36. The fourth-order valence-corrected chi connectivity index (χ4v) is 0.530. The third kappa shape index (κ3) is 0.459. The van der Waals surface area contributed by atoms with Gasteiger partial charge in [0.05, 0.1) is 14.9 Å². The number of hydrogen-bond acceptors (Lipinski definition) is 2. The van der Waals surface area contributed by atoms with Crippen molar-refractivity contribution in [3.63, 3.8) is 0 Å². The maximum absolute atomic E-state index is 9.63. The molecule has 4 heavy (non-hydrogen) atoms. The average Bonchev–Trinajstić information content (AvgIpc) is 1.75. The third-order valence-corrected chi connectivity index (χ3v) is 1.93. The zero-order valence-corrected chi connectivity index (χ0v) is 3.56. The first-order chi connectivity index (χ1) is 1.89. The van der Waals surface area contributed by atoms with Gasteiger partial charge < -0.3 is 0 Å². The van der Waals surface area contributed by atoms with Gasteiger partial charge in [-0.05, 0) is 10.8 Å². The van der Waals surface area contributed by atoms with E-state index in [2.05, 4.69) is 0 Å². The van der Waals surface area contributed by atoms with E-state index in [9.17, 15) is 4.21 Å². The first-order valence-electron chi connectivity index (χ1n) is 0.911. The topological polar surface area (TPSA) is 17.1 Å². The fraction of sp³-hybridized carbons (Fsp3) is 1.00. The molecule has 1 unspecified atom stereocenters. The molecule has 0 saturated carbocycles. The van der Waals surface area contributed by atoms with Crippen molar-refractivity contribution in [1.82, 2.24) is 0 Å². The second-order valence-corrected chi connectivity index (χ2v) is 4.15. The molecule has 1 atom stereocenters. The van der Waals surface area contributed by atoms with Crippen LogP contribution in [-0.2, 0) is 9.83 Å². The van der Waals surface area contributed by atoms with Crippen molar-refractivity contribution in [2.24, 2.45) is 0 Å². The maximum Gasteiger partial charge on any atom is 0.0924 e. The second-order valence-electron chi connectivity index (χ2n) is 0.539. The van der Waals surface area contributed by atoms with Crippen LogP contribution in [0.15, 0.2) is 0 Å². The van der Waals surface area contributed by atoms with Gasteiger partial charge in [-0.15, -0.1) is 0 Å². The van der Waals surface area contributed by atoms with Gasteiger partial charge >= 0.3 is 0 Å². The van der Waals surface area contributed by atoms with E-state index in [1.807, 2.05) is 0 Å². The molecule has 1 fully saturated rings. The molecule has 0 spiro atoms. The molecule has 0 amide bonds. The molecule has 1 heterocycles. The summed E-state index contributed by atoms with van der Waals surface area (Å²) in [7, 11) is 1.05. The zero-order valence-electron chi connectivity index (χ0n) is 1.93. The zero-order chi connectivity index (χ0) is 2.99. The van der Waals surface area contributed by atoms with Gasteiger partial charge in [0.2, 0.25) is 0 Å². The van der Waals surface area contributed by atoms with Gasteiger partial charge in [0.15, 0.2) is 0 Å². The predicted molar refractivity (Wildman–Crippen MR) is 20.6 cm³/mol. The van der Waals surface area contributed by atoms with Gasteiger partial charge in [-0.2, -0.15) is 0 Å². The van der Waals surface area contributed by atoms with E-state index >= 15 is 0 Å². The van der Waals surface area contributed by atoms with Crippen molar-refractivity contribution < 1.29 is 4.21 Å². The quantitative estimate of drug-likeness (QED) is 0.318. The second kappa shape index (κ2) is 0.723. The average molecular weight is 94.2 g/mol. The van der Waals surface area contributed by atoms with E-state index in [0.29, 0.717) is 0 Å². The number of rotatable bonds is 0. The minimum absolute atomic E-state index is 0.444. The summed E-state index contributed by atoms with van der Waals surface area (Å²) in [6, 6.07) is 0. The van der Waals surface area contributed by atoms with Crippen LogP contribution in [0.1, 0.15) is 0 Å². The molecule has 0 aromatic rings. The molecule has 0 radical (unpaired) electrons. The highest BCUT2D eigenvalue weighted by Crippen LogP contribution is 2.25. The summed E-state index contributed by atoms with van der Waals surface area (Å²) < 4.78 is 9.63. The van der Waals surface area contributed by atoms with Gasteiger partial charge in [-0.1, -0.05) is 0 Å². The van der Waals surface area contributed by atoms with Gasteiger partial charge in [0.25, 0.3) is 0 Å². The Morgan fingerprint density at radius 2 is 2.25 bits per heavy atom. The fourth-order valence-electron chi connectivity index (χ4n) is 0.0196. The van der Waals surface area contributed by atoms with E-state index in [1.165, 1.54) is 10.8 Å². The van der Waals surface area contributed by atoms with Crippen molar-refractivity contribution in [2.45, 2.75) is 0 Å². The molecule has 1 nitrogen and oxygen atoms in total. The van der Waals surface area contributed by atoms with Crippen LogP contribution in [0, 0.1) is 0 Å². The summed E-state index contributed by atoms with van der Waals surface area (Å²) in [5.41, 5.74) is 0. The van der Waals surface area contributed by atoms with E-state index in [0.717, 1.165) is 5.08 Å². The Balaban J connectivity index is 2.60. The van der Waals surface area contributed by atoms with Crippen molar-refractivity contribution in [3.8, 4) is 0 Å². The van der Waals surface area contributed by atoms with E-state index in [1.54, 1.807) is 0 Å². The molecular formula is CH2OS2. The monoisotopic (exact) mass is 94.0 g/mol. The molecule has 0 aromatic heterocycles. The molecular weight excluding hydrogens is 92.1 g/mol. The van der Waals surface area contributed by atoms with Gasteiger partial charge in [-0.3, -0.25) is 0 Å². The summed E-state index contributed by atoms with van der Waals surface area (Å²) >= 11 is 0. The molecule has 0 bridgehead atoms. The Hall–Kier alpha value is 0.500. The van der Waals surface area contributed by atoms with E-state index in [-0.39, 0.29) is 0 Å². The molecule has 0 aromatic carbocycles. The Labute approximate surface area is 30.6 Å². The summed E-state index contributed by atoms with van der Waals surface area (Å²) in [6.07, 6.45) is 0. The van der Waals surface area contributed by atoms with Crippen LogP contribution in [0.3, 0.4) is 0 Å². The van der Waals surface area contributed by atoms with Crippen molar-refractivity contribution >= 4 is 20.6 Å². The molecule has 1 aliphatic rings. The maximum atomic E-state index is 9.63. The van der Waals surface area contributed by atoms with E-state index in [4.69, 9.17) is 0 Å². The van der Waals surface area contributed by atoms with Crippen LogP contribution in [0.2, 0.25) is 0 Å². The Bertz CT molecular complexity index is 44.0. The van der Waals surface area contributed by atoms with Gasteiger partial charge in [-0.25, -0.2) is 4.21 Å². The molecule has 1 aliphatic heterocycles. The molecule has 1 saturated heterocycles. The standard InChI is InChI=1S/CH2OS2/c2-4-1-3-4/h1H2. The Morgan fingerprint density at radius 1 is 2.00 bits per heavy atom. The molecule has 0 aliphatic carbocycles. The largest absolute Gasteiger partial charge is 0.247 e. The summed E-state index contributed by atoms with van der Waals surface area (Å²) in [5, 5.41) is 0.875. The van der Waals surface area contributed by atoms with Crippen molar-refractivity contribution in [1.29, 1.82) is 0 Å². The van der Waals surface area contributed by atoms with Crippen molar-refractivity contribution in [3.05, 3.63) is 0 Å². The van der Waals surface area contributed by atoms with Gasteiger partial charge in [0, 0.05) is 0 Å². The molecule has 1 rings (SSSR count). The lowest BCUT2D eigenvalue weighted by Gasteiger charge is -1.27. The lowest BCUT2D eigenvalue weighted by molar-refractivity contribution is 0.696. The van der Waals surface area contributed by atoms with Gasteiger partial charge in [0.1, 0.15) is 0 Å². The summed E-state index contributed by atoms with van der Waals surface area (Å²) in [5.74, 6) is 0. The third-order valence-electron chi connectivity index (χ3n) is 0.214. The molecule has 0 N–H and O–H groups in total. The van der Waals surface area contributed by atoms with Crippen LogP contribution in [0.25, 0.3) is 0 Å². The lowest BCUT2D eigenvalue weighted by atomic mass is 11.9. The summed E-state index contributed by atoms with van der Waals surface area (Å²) in [6.45, 7) is 0. The first kappa shape index (κ1) is 2.72. The van der Waals surface area contributed by atoms with Crippen molar-refractivity contribution in [2.75, 3.05) is 5.08 Å². The molecule has 24 valence electrons. The first-order valence-corrected chi connectivity index (χ1v) is 3.73. The Morgan fingerprint density at radius 3 is 2.25 bits per heavy atom. The van der Waals surface area contributed by atoms with Crippen LogP contribution in [0.5, 0.6) is 0 Å². The highest BCUT2D eigenvalue weighted by molar-refractivity contribution is 8.84. The highest BCUT2D eigenvalue weighted by Gasteiger charge is 2.12. The minimum atomic E-state index is -0.444. The van der Waals surface area contributed by atoms with Crippen LogP contribution in [0.4, 0.5) is 0 Å². The SMILES string of the molecule is O=S1CS1. The van der Waals surface area contributed by atoms with E-state index < -0.39 is 9.83 Å². The smallest absolute Gasteiger partial charge is 0.0924 e. The van der Waals surface area contributed by atoms with Crippen LogP contribution in [-0.4, -0.2) is 9.29 Å². The highest BCUT2D eigenvalue weighted by atomic mass is 33.2. The minimum Gasteiger partial charge on any atom is -0.247 e. The van der Waals surface area contributed by atoms with Crippen LogP contribution < -0.4 is 0 Å². The molecule has 3 heteroatoms. The normalized spacial score (nSPS) is 39.5. The number of hydrogen-bond donors (Lipinski definition) is 0. The van der Waals surface area contributed by atoms with Crippen LogP contribution >= 0.6 is 10.8 Å². The Kier molecular flexibility index (Phi) is 0.492. The predicted octanol–water partition coefficient (Wildman–Crippen LogP) is 0.354. The summed E-state index contributed by atoms with van der Waals surface area (Å²) in [4.78, 5) is 0.